The number of piperazine rings is 1. The second kappa shape index (κ2) is 10.2. The molecule has 0 radical (unpaired) electrons. The van der Waals surface area contributed by atoms with Crippen LogP contribution in [0.3, 0.4) is 0 Å². The Morgan fingerprint density at radius 1 is 1.10 bits per heavy atom. The second-order valence-corrected chi connectivity index (χ2v) is 9.34. The molecule has 0 atom stereocenters. The highest BCUT2D eigenvalue weighted by Gasteiger charge is 2.39. The maximum Gasteiger partial charge on any atom is 0.205 e. The van der Waals surface area contributed by atoms with Crippen molar-refractivity contribution in [1.82, 2.24) is 24.5 Å². The maximum atomic E-state index is 5.63. The molecule has 9 heteroatoms. The molecule has 0 amide bonds. The van der Waals surface area contributed by atoms with Crippen LogP contribution in [0.4, 0.5) is 5.13 Å². The Morgan fingerprint density at radius 3 is 2.47 bits per heavy atom. The van der Waals surface area contributed by atoms with Gasteiger partial charge in [-0.1, -0.05) is 26.2 Å². The number of hydrogen-bond acceptors (Lipinski definition) is 7. The van der Waals surface area contributed by atoms with E-state index < -0.39 is 0 Å². The Bertz CT molecular complexity index is 689. The number of ether oxygens (including phenoxy) is 1. The summed E-state index contributed by atoms with van der Waals surface area (Å²) in [4.78, 5) is 16.7. The molecule has 0 aromatic carbocycles. The summed E-state index contributed by atoms with van der Waals surface area (Å²) in [5.74, 6) is 2.00. The van der Waals surface area contributed by atoms with E-state index in [0.29, 0.717) is 0 Å². The van der Waals surface area contributed by atoms with Gasteiger partial charge in [-0.25, -0.2) is 4.98 Å². The molecular formula is C21H37N7OS. The van der Waals surface area contributed by atoms with Crippen molar-refractivity contribution in [2.24, 2.45) is 4.99 Å². The normalized spacial score (nSPS) is 23.6. The van der Waals surface area contributed by atoms with Gasteiger partial charge >= 0.3 is 0 Å². The molecule has 0 spiro atoms. The zero-order valence-electron chi connectivity index (χ0n) is 18.6. The van der Waals surface area contributed by atoms with E-state index in [4.69, 9.17) is 4.74 Å². The maximum absolute atomic E-state index is 5.63. The minimum absolute atomic E-state index is 0.253. The largest absolute Gasteiger partial charge is 0.379 e. The SMILES string of the molecule is CCc1nsc(N2CCN(C(=NC)NCC3(N4CCOCC4)CCCCC3)CC2)n1. The molecule has 2 saturated heterocycles. The Hall–Kier alpha value is -1.45. The fourth-order valence-corrected chi connectivity index (χ4v) is 5.86. The molecule has 1 aromatic heterocycles. The lowest BCUT2D eigenvalue weighted by atomic mass is 9.79. The quantitative estimate of drug-likeness (QED) is 0.559. The van der Waals surface area contributed by atoms with Crippen molar-refractivity contribution in [2.75, 3.05) is 71.0 Å². The molecule has 0 bridgehead atoms. The number of nitrogens with one attached hydrogen (secondary N) is 1. The summed E-state index contributed by atoms with van der Waals surface area (Å²) in [5, 5.41) is 4.82. The monoisotopic (exact) mass is 435 g/mol. The predicted octanol–water partition coefficient (Wildman–Crippen LogP) is 1.83. The predicted molar refractivity (Wildman–Crippen MR) is 123 cm³/mol. The number of nitrogens with zero attached hydrogens (tertiary/aromatic N) is 6. The summed E-state index contributed by atoms with van der Waals surface area (Å²) in [6.07, 6.45) is 7.49. The van der Waals surface area contributed by atoms with Crippen molar-refractivity contribution in [1.29, 1.82) is 0 Å². The lowest BCUT2D eigenvalue weighted by Gasteiger charge is -2.48. The number of hydrogen-bond donors (Lipinski definition) is 1. The van der Waals surface area contributed by atoms with E-state index in [2.05, 4.69) is 41.3 Å². The van der Waals surface area contributed by atoms with E-state index in [0.717, 1.165) is 82.4 Å². The molecule has 168 valence electrons. The van der Waals surface area contributed by atoms with Crippen LogP contribution in [0.5, 0.6) is 0 Å². The lowest BCUT2D eigenvalue weighted by molar-refractivity contribution is -0.0354. The van der Waals surface area contributed by atoms with Gasteiger partial charge in [0.25, 0.3) is 0 Å². The van der Waals surface area contributed by atoms with E-state index in [1.807, 2.05) is 7.05 Å². The van der Waals surface area contributed by atoms with Crippen LogP contribution < -0.4 is 10.2 Å². The first kappa shape index (κ1) is 21.8. The summed E-state index contributed by atoms with van der Waals surface area (Å²) >= 11 is 1.53. The van der Waals surface area contributed by atoms with Crippen LogP contribution >= 0.6 is 11.5 Å². The lowest BCUT2D eigenvalue weighted by Crippen LogP contribution is -2.61. The van der Waals surface area contributed by atoms with Crippen LogP contribution in [0.2, 0.25) is 0 Å². The molecule has 3 aliphatic rings. The zero-order chi connectivity index (χ0) is 20.8. The molecule has 3 heterocycles. The van der Waals surface area contributed by atoms with Gasteiger partial charge in [-0.15, -0.1) is 0 Å². The van der Waals surface area contributed by atoms with E-state index in [1.54, 1.807) is 0 Å². The van der Waals surface area contributed by atoms with Crippen LogP contribution in [0, 0.1) is 0 Å². The number of morpholine rings is 1. The van der Waals surface area contributed by atoms with Gasteiger partial charge in [-0.3, -0.25) is 9.89 Å². The van der Waals surface area contributed by atoms with E-state index in [1.165, 1.54) is 43.6 Å². The van der Waals surface area contributed by atoms with Crippen molar-refractivity contribution in [3.8, 4) is 0 Å². The van der Waals surface area contributed by atoms with Gasteiger partial charge < -0.3 is 19.9 Å². The Morgan fingerprint density at radius 2 is 1.83 bits per heavy atom. The molecule has 4 rings (SSSR count). The molecular weight excluding hydrogens is 398 g/mol. The number of rotatable bonds is 5. The third-order valence-corrected chi connectivity index (χ3v) is 7.69. The van der Waals surface area contributed by atoms with Crippen LogP contribution in [-0.2, 0) is 11.2 Å². The highest BCUT2D eigenvalue weighted by molar-refractivity contribution is 7.09. The number of aliphatic imine (C=N–C) groups is 1. The summed E-state index contributed by atoms with van der Waals surface area (Å²) in [6.45, 7) is 10.8. The number of guanidine groups is 1. The molecule has 3 fully saturated rings. The third-order valence-electron chi connectivity index (χ3n) is 6.88. The standard InChI is InChI=1S/C21H37N7OS/c1-3-18-24-20(30-25-18)27-11-9-26(10-12-27)19(22-2)23-17-21(7-5-4-6-8-21)28-13-15-29-16-14-28/h3-17H2,1-2H3,(H,22,23). The van der Waals surface area contributed by atoms with Crippen LogP contribution in [0.1, 0.15) is 44.9 Å². The first-order valence-electron chi connectivity index (χ1n) is 11.6. The topological polar surface area (TPSA) is 69.1 Å². The summed E-state index contributed by atoms with van der Waals surface area (Å²) in [6, 6.07) is 0. The van der Waals surface area contributed by atoms with Gasteiger partial charge in [0.05, 0.1) is 13.2 Å². The van der Waals surface area contributed by atoms with Crippen LogP contribution in [0.15, 0.2) is 4.99 Å². The Labute approximate surface area is 184 Å². The van der Waals surface area contributed by atoms with Crippen molar-refractivity contribution in [3.63, 3.8) is 0 Å². The zero-order valence-corrected chi connectivity index (χ0v) is 19.4. The fraction of sp³-hybridized carbons (Fsp3) is 0.857. The summed E-state index contributed by atoms with van der Waals surface area (Å²) in [7, 11) is 1.91. The average Bonchev–Trinajstić information content (AvgIpc) is 3.30. The molecule has 1 N–H and O–H groups in total. The summed E-state index contributed by atoms with van der Waals surface area (Å²) in [5.41, 5.74) is 0.253. The first-order chi connectivity index (χ1) is 14.7. The fourth-order valence-electron chi connectivity index (χ4n) is 5.05. The van der Waals surface area contributed by atoms with E-state index in [-0.39, 0.29) is 5.54 Å². The highest BCUT2D eigenvalue weighted by atomic mass is 32.1. The smallest absolute Gasteiger partial charge is 0.205 e. The molecule has 8 nitrogen and oxygen atoms in total. The summed E-state index contributed by atoms with van der Waals surface area (Å²) < 4.78 is 10.1. The average molecular weight is 436 g/mol. The molecule has 2 aliphatic heterocycles. The highest BCUT2D eigenvalue weighted by Crippen LogP contribution is 2.34. The van der Waals surface area contributed by atoms with Gasteiger partial charge in [0.15, 0.2) is 5.96 Å². The minimum atomic E-state index is 0.253. The Kier molecular flexibility index (Phi) is 7.43. The third kappa shape index (κ3) is 4.89. The molecule has 1 aromatic rings. The van der Waals surface area contributed by atoms with E-state index >= 15 is 0 Å². The second-order valence-electron chi connectivity index (χ2n) is 8.61. The number of anilines is 1. The number of aryl methyl sites for hydroxylation is 1. The van der Waals surface area contributed by atoms with Gasteiger partial charge in [-0.2, -0.15) is 4.37 Å². The van der Waals surface area contributed by atoms with E-state index in [9.17, 15) is 0 Å². The van der Waals surface area contributed by atoms with Crippen molar-refractivity contribution < 1.29 is 4.74 Å². The number of aromatic nitrogens is 2. The molecule has 1 aliphatic carbocycles. The molecule has 1 saturated carbocycles. The van der Waals surface area contributed by atoms with Gasteiger partial charge in [-0.05, 0) is 12.8 Å². The van der Waals surface area contributed by atoms with Crippen molar-refractivity contribution in [2.45, 2.75) is 51.0 Å². The van der Waals surface area contributed by atoms with Gasteiger partial charge in [0, 0.05) is 76.4 Å². The van der Waals surface area contributed by atoms with Gasteiger partial charge in [0.2, 0.25) is 5.13 Å². The Balaban J connectivity index is 1.33. The van der Waals surface area contributed by atoms with Crippen LogP contribution in [0.25, 0.3) is 0 Å². The van der Waals surface area contributed by atoms with Crippen LogP contribution in [-0.4, -0.2) is 96.7 Å². The van der Waals surface area contributed by atoms with Gasteiger partial charge in [0.1, 0.15) is 5.82 Å². The first-order valence-corrected chi connectivity index (χ1v) is 12.4. The van der Waals surface area contributed by atoms with Crippen molar-refractivity contribution in [3.05, 3.63) is 5.82 Å². The van der Waals surface area contributed by atoms with Crippen molar-refractivity contribution >= 4 is 22.6 Å². The molecule has 30 heavy (non-hydrogen) atoms. The molecule has 0 unspecified atom stereocenters. The minimum Gasteiger partial charge on any atom is -0.379 e.